The number of aromatic nitrogens is 1. The van der Waals surface area contributed by atoms with Crippen molar-refractivity contribution in [2.24, 2.45) is 11.8 Å². The SMILES string of the molecule is O=C(O)c1cc(Cl)nc(NCC2CCCC2CO)c1. The molecule has 1 heterocycles. The van der Waals surface area contributed by atoms with Crippen molar-refractivity contribution in [2.75, 3.05) is 18.5 Å². The molecule has 0 radical (unpaired) electrons. The highest BCUT2D eigenvalue weighted by atomic mass is 35.5. The topological polar surface area (TPSA) is 82.5 Å². The van der Waals surface area contributed by atoms with Crippen LogP contribution in [0.4, 0.5) is 5.82 Å². The van der Waals surface area contributed by atoms with Crippen LogP contribution in [-0.2, 0) is 0 Å². The number of aliphatic hydroxyl groups is 1. The molecular formula is C13H17ClN2O3. The van der Waals surface area contributed by atoms with Crippen molar-refractivity contribution in [1.29, 1.82) is 0 Å². The van der Waals surface area contributed by atoms with Gasteiger partial charge >= 0.3 is 5.97 Å². The molecule has 0 amide bonds. The molecule has 6 heteroatoms. The van der Waals surface area contributed by atoms with Gasteiger partial charge in [-0.15, -0.1) is 0 Å². The van der Waals surface area contributed by atoms with Crippen LogP contribution in [0.5, 0.6) is 0 Å². The predicted octanol–water partition coefficient (Wildman–Crippen LogP) is 2.25. The molecule has 0 spiro atoms. The highest BCUT2D eigenvalue weighted by Gasteiger charge is 2.26. The number of rotatable bonds is 5. The van der Waals surface area contributed by atoms with Crippen LogP contribution in [0.25, 0.3) is 0 Å². The van der Waals surface area contributed by atoms with E-state index in [1.807, 2.05) is 0 Å². The number of hydrogen-bond donors (Lipinski definition) is 3. The second-order valence-corrected chi connectivity index (χ2v) is 5.27. The number of aliphatic hydroxyl groups excluding tert-OH is 1. The Morgan fingerprint density at radius 2 is 2.16 bits per heavy atom. The molecule has 2 unspecified atom stereocenters. The Hall–Kier alpha value is -1.33. The van der Waals surface area contributed by atoms with Crippen molar-refractivity contribution in [1.82, 2.24) is 4.98 Å². The van der Waals surface area contributed by atoms with Crippen LogP contribution in [0.15, 0.2) is 12.1 Å². The number of pyridine rings is 1. The van der Waals surface area contributed by atoms with E-state index >= 15 is 0 Å². The van der Waals surface area contributed by atoms with Gasteiger partial charge in [-0.25, -0.2) is 9.78 Å². The summed E-state index contributed by atoms with van der Waals surface area (Å²) in [6.07, 6.45) is 3.25. The number of anilines is 1. The summed E-state index contributed by atoms with van der Waals surface area (Å²) in [7, 11) is 0. The van der Waals surface area contributed by atoms with E-state index in [1.54, 1.807) is 0 Å². The van der Waals surface area contributed by atoms with Gasteiger partial charge in [-0.05, 0) is 36.8 Å². The molecule has 2 rings (SSSR count). The van der Waals surface area contributed by atoms with Gasteiger partial charge < -0.3 is 15.5 Å². The average Bonchev–Trinajstić information content (AvgIpc) is 2.83. The summed E-state index contributed by atoms with van der Waals surface area (Å²) in [4.78, 5) is 15.0. The Bertz CT molecular complexity index is 467. The third-order valence-corrected chi connectivity index (χ3v) is 3.83. The highest BCUT2D eigenvalue weighted by Crippen LogP contribution is 2.31. The van der Waals surface area contributed by atoms with Crippen molar-refractivity contribution in [3.8, 4) is 0 Å². The number of hydrogen-bond acceptors (Lipinski definition) is 4. The van der Waals surface area contributed by atoms with Crippen LogP contribution in [-0.4, -0.2) is 34.3 Å². The zero-order chi connectivity index (χ0) is 13.8. The van der Waals surface area contributed by atoms with Crippen LogP contribution in [0.3, 0.4) is 0 Å². The third kappa shape index (κ3) is 3.58. The fourth-order valence-electron chi connectivity index (χ4n) is 2.57. The normalized spacial score (nSPS) is 22.4. The van der Waals surface area contributed by atoms with E-state index in [-0.39, 0.29) is 17.3 Å². The van der Waals surface area contributed by atoms with Crippen molar-refractivity contribution in [2.45, 2.75) is 19.3 Å². The van der Waals surface area contributed by atoms with E-state index in [2.05, 4.69) is 10.3 Å². The summed E-state index contributed by atoms with van der Waals surface area (Å²) in [6, 6.07) is 2.79. The molecule has 0 bridgehead atoms. The van der Waals surface area contributed by atoms with Gasteiger partial charge in [0, 0.05) is 13.2 Å². The first-order valence-electron chi connectivity index (χ1n) is 6.35. The van der Waals surface area contributed by atoms with Crippen LogP contribution >= 0.6 is 11.6 Å². The lowest BCUT2D eigenvalue weighted by Gasteiger charge is -2.18. The fraction of sp³-hybridized carbons (Fsp3) is 0.538. The van der Waals surface area contributed by atoms with Crippen molar-refractivity contribution in [3.05, 3.63) is 22.8 Å². The Morgan fingerprint density at radius 1 is 1.42 bits per heavy atom. The first kappa shape index (κ1) is 14.1. The van der Waals surface area contributed by atoms with E-state index in [4.69, 9.17) is 16.7 Å². The van der Waals surface area contributed by atoms with E-state index in [1.165, 1.54) is 12.1 Å². The van der Waals surface area contributed by atoms with Gasteiger partial charge in [0.2, 0.25) is 0 Å². The zero-order valence-electron chi connectivity index (χ0n) is 10.5. The molecule has 5 nitrogen and oxygen atoms in total. The summed E-state index contributed by atoms with van der Waals surface area (Å²) in [5.41, 5.74) is 0.118. The molecule has 1 aromatic rings. The number of halogens is 1. The molecule has 1 saturated carbocycles. The van der Waals surface area contributed by atoms with Gasteiger partial charge in [0.05, 0.1) is 5.56 Å². The third-order valence-electron chi connectivity index (χ3n) is 3.64. The summed E-state index contributed by atoms with van der Waals surface area (Å²) in [6.45, 7) is 0.882. The highest BCUT2D eigenvalue weighted by molar-refractivity contribution is 6.29. The first-order valence-corrected chi connectivity index (χ1v) is 6.73. The van der Waals surface area contributed by atoms with Gasteiger partial charge in [-0.2, -0.15) is 0 Å². The smallest absolute Gasteiger partial charge is 0.335 e. The molecule has 1 aliphatic carbocycles. The maximum atomic E-state index is 10.9. The second kappa shape index (κ2) is 6.21. The number of carboxylic acid groups (broad SMARTS) is 1. The minimum atomic E-state index is -1.03. The zero-order valence-corrected chi connectivity index (χ0v) is 11.2. The summed E-state index contributed by atoms with van der Waals surface area (Å²) >= 11 is 5.79. The lowest BCUT2D eigenvalue weighted by Crippen LogP contribution is -2.21. The standard InChI is InChI=1S/C13H17ClN2O3/c14-11-4-10(13(18)19)5-12(16-11)15-6-8-2-1-3-9(8)7-17/h4-5,8-9,17H,1-3,6-7H2,(H,15,16)(H,18,19). The second-order valence-electron chi connectivity index (χ2n) is 4.88. The number of carbonyl (C=O) groups is 1. The van der Waals surface area contributed by atoms with Gasteiger partial charge in [0.25, 0.3) is 0 Å². The average molecular weight is 285 g/mol. The number of aromatic carboxylic acids is 1. The molecule has 3 N–H and O–H groups in total. The summed E-state index contributed by atoms with van der Waals surface area (Å²) in [5, 5.41) is 21.5. The maximum absolute atomic E-state index is 10.9. The van der Waals surface area contributed by atoms with Crippen molar-refractivity contribution in [3.63, 3.8) is 0 Å². The molecule has 0 aromatic carbocycles. The summed E-state index contributed by atoms with van der Waals surface area (Å²) < 4.78 is 0. The first-order chi connectivity index (χ1) is 9.10. The van der Waals surface area contributed by atoms with Gasteiger partial charge in [0.1, 0.15) is 11.0 Å². The lowest BCUT2D eigenvalue weighted by molar-refractivity contribution is 0.0697. The Morgan fingerprint density at radius 3 is 2.84 bits per heavy atom. The van der Waals surface area contributed by atoms with E-state index < -0.39 is 5.97 Å². The molecule has 1 aliphatic rings. The van der Waals surface area contributed by atoms with Crippen LogP contribution in [0, 0.1) is 11.8 Å². The molecule has 104 valence electrons. The van der Waals surface area contributed by atoms with E-state index in [9.17, 15) is 9.90 Å². The van der Waals surface area contributed by atoms with Crippen LogP contribution < -0.4 is 5.32 Å². The molecule has 1 fully saturated rings. The van der Waals surface area contributed by atoms with Crippen LogP contribution in [0.2, 0.25) is 5.15 Å². The number of carboxylic acids is 1. The quantitative estimate of drug-likeness (QED) is 0.723. The molecule has 0 aliphatic heterocycles. The molecule has 0 saturated heterocycles. The van der Waals surface area contributed by atoms with Crippen molar-refractivity contribution >= 4 is 23.4 Å². The predicted molar refractivity (Wildman–Crippen MR) is 72.6 cm³/mol. The largest absolute Gasteiger partial charge is 0.478 e. The monoisotopic (exact) mass is 284 g/mol. The minimum Gasteiger partial charge on any atom is -0.478 e. The molecule has 1 aromatic heterocycles. The number of nitrogens with zero attached hydrogens (tertiary/aromatic N) is 1. The van der Waals surface area contributed by atoms with Gasteiger partial charge in [0.15, 0.2) is 0 Å². The van der Waals surface area contributed by atoms with Crippen molar-refractivity contribution < 1.29 is 15.0 Å². The van der Waals surface area contributed by atoms with E-state index in [0.717, 1.165) is 19.3 Å². The summed E-state index contributed by atoms with van der Waals surface area (Å²) in [5.74, 6) is 0.166. The van der Waals surface area contributed by atoms with E-state index in [0.29, 0.717) is 24.2 Å². The maximum Gasteiger partial charge on any atom is 0.335 e. The number of nitrogens with one attached hydrogen (secondary N) is 1. The van der Waals surface area contributed by atoms with Gasteiger partial charge in [-0.3, -0.25) is 0 Å². The Labute approximate surface area is 116 Å². The minimum absolute atomic E-state index is 0.118. The van der Waals surface area contributed by atoms with Gasteiger partial charge in [-0.1, -0.05) is 18.0 Å². The van der Waals surface area contributed by atoms with Crippen LogP contribution in [0.1, 0.15) is 29.6 Å². The Balaban J connectivity index is 2.01. The Kier molecular flexibility index (Phi) is 4.61. The molecular weight excluding hydrogens is 268 g/mol. The molecule has 2 atom stereocenters. The molecule has 19 heavy (non-hydrogen) atoms. The lowest BCUT2D eigenvalue weighted by atomic mass is 9.97. The fourth-order valence-corrected chi connectivity index (χ4v) is 2.78.